The van der Waals surface area contributed by atoms with Crippen molar-refractivity contribution in [2.45, 2.75) is 38.5 Å². The van der Waals surface area contributed by atoms with E-state index in [0.29, 0.717) is 13.0 Å². The molecule has 0 aliphatic carbocycles. The van der Waals surface area contributed by atoms with Gasteiger partial charge in [-0.1, -0.05) is 0 Å². The molecule has 1 N–H and O–H groups in total. The summed E-state index contributed by atoms with van der Waals surface area (Å²) in [6.07, 6.45) is 5.37. The normalized spacial score (nSPS) is 10.9. The highest BCUT2D eigenvalue weighted by Crippen LogP contribution is 1.95. The highest BCUT2D eigenvalue weighted by atomic mass is 16.5. The van der Waals surface area contributed by atoms with Crippen molar-refractivity contribution in [2.24, 2.45) is 0 Å². The third-order valence-corrected chi connectivity index (χ3v) is 2.21. The number of ether oxygens (including phenoxy) is 2. The molecule has 16 heavy (non-hydrogen) atoms. The summed E-state index contributed by atoms with van der Waals surface area (Å²) in [7, 11) is 0. The molecule has 0 fully saturated rings. The highest BCUT2D eigenvalue weighted by molar-refractivity contribution is 4.41. The van der Waals surface area contributed by atoms with Crippen molar-refractivity contribution in [1.82, 2.24) is 0 Å². The van der Waals surface area contributed by atoms with Gasteiger partial charge in [0.25, 0.3) is 0 Å². The van der Waals surface area contributed by atoms with Crippen molar-refractivity contribution < 1.29 is 19.7 Å². The molecule has 0 saturated carbocycles. The number of unbranched alkanes of at least 4 members (excludes halogenated alkanes) is 3. The van der Waals surface area contributed by atoms with Gasteiger partial charge in [0.05, 0.1) is 6.61 Å². The summed E-state index contributed by atoms with van der Waals surface area (Å²) in [6.45, 7) is 3.24. The molecule has 0 aliphatic heterocycles. The Balaban J connectivity index is 2.83. The quantitative estimate of drug-likeness (QED) is 0.493. The largest absolute Gasteiger partial charge is 0.396 e. The third-order valence-electron chi connectivity index (χ3n) is 2.21. The first-order valence-electron chi connectivity index (χ1n) is 6.26. The Bertz CT molecular complexity index is 106. The molecular formula is C12H25O4. The molecular weight excluding hydrogens is 208 g/mol. The smallest absolute Gasteiger partial charge is 0.0823 e. The zero-order valence-electron chi connectivity index (χ0n) is 10.2. The molecule has 0 aromatic rings. The van der Waals surface area contributed by atoms with Gasteiger partial charge in [-0.05, 0) is 38.5 Å². The molecule has 0 amide bonds. The average molecular weight is 233 g/mol. The summed E-state index contributed by atoms with van der Waals surface area (Å²) in [4.78, 5) is 0. The van der Waals surface area contributed by atoms with Gasteiger partial charge in [0.1, 0.15) is 0 Å². The summed E-state index contributed by atoms with van der Waals surface area (Å²) >= 11 is 0. The van der Waals surface area contributed by atoms with Crippen LogP contribution in [0.25, 0.3) is 0 Å². The van der Waals surface area contributed by atoms with Crippen LogP contribution in [0.15, 0.2) is 0 Å². The molecule has 1 radical (unpaired) electrons. The summed E-state index contributed by atoms with van der Waals surface area (Å²) in [6, 6.07) is 0. The number of rotatable bonds is 13. The fraction of sp³-hybridized carbons (Fsp3) is 1.00. The molecule has 4 heteroatoms. The number of aliphatic hydroxyl groups excluding tert-OH is 1. The predicted octanol–water partition coefficient (Wildman–Crippen LogP) is 1.78. The Kier molecular flexibility index (Phi) is 14.7. The second-order valence-corrected chi connectivity index (χ2v) is 3.77. The SMILES string of the molecule is [O]CCCCOCCCCOCCCCO. The van der Waals surface area contributed by atoms with Crippen LogP contribution in [0.2, 0.25) is 0 Å². The van der Waals surface area contributed by atoms with Crippen molar-refractivity contribution in [1.29, 1.82) is 0 Å². The third kappa shape index (κ3) is 13.8. The van der Waals surface area contributed by atoms with E-state index < -0.39 is 0 Å². The minimum Gasteiger partial charge on any atom is -0.396 e. The molecule has 0 aliphatic rings. The van der Waals surface area contributed by atoms with E-state index in [2.05, 4.69) is 0 Å². The van der Waals surface area contributed by atoms with Crippen LogP contribution in [0, 0.1) is 0 Å². The first-order valence-corrected chi connectivity index (χ1v) is 6.26. The lowest BCUT2D eigenvalue weighted by atomic mass is 10.3. The Labute approximate surface area is 98.6 Å². The van der Waals surface area contributed by atoms with Gasteiger partial charge in [0.15, 0.2) is 0 Å². The van der Waals surface area contributed by atoms with Gasteiger partial charge in [-0.15, -0.1) is 0 Å². The van der Waals surface area contributed by atoms with Crippen molar-refractivity contribution in [3.05, 3.63) is 0 Å². The fourth-order valence-electron chi connectivity index (χ4n) is 1.23. The maximum Gasteiger partial charge on any atom is 0.0823 e. The van der Waals surface area contributed by atoms with Crippen molar-refractivity contribution in [2.75, 3.05) is 39.6 Å². The molecule has 0 atom stereocenters. The van der Waals surface area contributed by atoms with Gasteiger partial charge < -0.3 is 14.6 Å². The highest BCUT2D eigenvalue weighted by Gasteiger charge is 1.92. The summed E-state index contributed by atoms with van der Waals surface area (Å²) in [5, 5.41) is 18.7. The van der Waals surface area contributed by atoms with E-state index in [-0.39, 0.29) is 13.2 Å². The van der Waals surface area contributed by atoms with Gasteiger partial charge >= 0.3 is 0 Å². The lowest BCUT2D eigenvalue weighted by molar-refractivity contribution is 0.0935. The Morgan fingerprint density at radius 1 is 0.688 bits per heavy atom. The van der Waals surface area contributed by atoms with Gasteiger partial charge in [-0.3, -0.25) is 0 Å². The average Bonchev–Trinajstić information content (AvgIpc) is 2.31. The van der Waals surface area contributed by atoms with Crippen LogP contribution in [0.4, 0.5) is 0 Å². The van der Waals surface area contributed by atoms with Crippen LogP contribution in [-0.2, 0) is 14.6 Å². The first-order chi connectivity index (χ1) is 7.91. The minimum atomic E-state index is 0.00500. The van der Waals surface area contributed by atoms with Crippen LogP contribution >= 0.6 is 0 Å². The van der Waals surface area contributed by atoms with Crippen LogP contribution in [0.3, 0.4) is 0 Å². The summed E-state index contributed by atoms with van der Waals surface area (Å²) in [5.74, 6) is 0. The molecule has 0 bridgehead atoms. The van der Waals surface area contributed by atoms with E-state index in [9.17, 15) is 5.11 Å². The lowest BCUT2D eigenvalue weighted by Gasteiger charge is -2.04. The van der Waals surface area contributed by atoms with Crippen LogP contribution in [0.1, 0.15) is 38.5 Å². The monoisotopic (exact) mass is 233 g/mol. The van der Waals surface area contributed by atoms with Gasteiger partial charge in [-0.2, -0.15) is 0 Å². The number of hydrogen-bond donors (Lipinski definition) is 1. The van der Waals surface area contributed by atoms with Gasteiger partial charge in [-0.25, -0.2) is 5.11 Å². The zero-order chi connectivity index (χ0) is 11.9. The van der Waals surface area contributed by atoms with E-state index in [1.54, 1.807) is 0 Å². The van der Waals surface area contributed by atoms with Gasteiger partial charge in [0.2, 0.25) is 0 Å². The predicted molar refractivity (Wildman–Crippen MR) is 62.0 cm³/mol. The molecule has 0 aromatic carbocycles. The van der Waals surface area contributed by atoms with Crippen molar-refractivity contribution in [3.63, 3.8) is 0 Å². The van der Waals surface area contributed by atoms with Crippen LogP contribution in [-0.4, -0.2) is 44.7 Å². The first kappa shape index (κ1) is 15.8. The maximum atomic E-state index is 10.1. The summed E-state index contributed by atoms with van der Waals surface area (Å²) < 4.78 is 10.7. The minimum absolute atomic E-state index is 0.00500. The molecule has 0 aromatic heterocycles. The fourth-order valence-corrected chi connectivity index (χ4v) is 1.23. The molecule has 0 unspecified atom stereocenters. The standard InChI is InChI=1S/C12H25O4/c13-7-1-3-9-15-11-5-6-12-16-10-4-2-8-14/h13H,1-12H2. The molecule has 0 spiro atoms. The zero-order valence-corrected chi connectivity index (χ0v) is 10.2. The van der Waals surface area contributed by atoms with Crippen LogP contribution in [0.5, 0.6) is 0 Å². The lowest BCUT2D eigenvalue weighted by Crippen LogP contribution is -2.02. The van der Waals surface area contributed by atoms with E-state index in [1.807, 2.05) is 0 Å². The summed E-state index contributed by atoms with van der Waals surface area (Å²) in [5.41, 5.74) is 0. The van der Waals surface area contributed by atoms with E-state index in [4.69, 9.17) is 14.6 Å². The second kappa shape index (κ2) is 14.8. The van der Waals surface area contributed by atoms with Crippen molar-refractivity contribution in [3.8, 4) is 0 Å². The maximum absolute atomic E-state index is 10.1. The van der Waals surface area contributed by atoms with E-state index in [0.717, 1.165) is 51.9 Å². The number of aliphatic hydroxyl groups is 1. The van der Waals surface area contributed by atoms with Crippen molar-refractivity contribution >= 4 is 0 Å². The van der Waals surface area contributed by atoms with E-state index >= 15 is 0 Å². The molecule has 97 valence electrons. The van der Waals surface area contributed by atoms with Crippen LogP contribution < -0.4 is 0 Å². The Morgan fingerprint density at radius 2 is 1.12 bits per heavy atom. The second-order valence-electron chi connectivity index (χ2n) is 3.77. The molecule has 0 saturated heterocycles. The number of hydrogen-bond acceptors (Lipinski definition) is 3. The molecule has 0 rings (SSSR count). The topological polar surface area (TPSA) is 58.6 Å². The molecule has 4 nitrogen and oxygen atoms in total. The van der Waals surface area contributed by atoms with Gasteiger partial charge in [0, 0.05) is 33.0 Å². The molecule has 0 heterocycles. The van der Waals surface area contributed by atoms with E-state index in [1.165, 1.54) is 0 Å². The Morgan fingerprint density at radius 3 is 1.56 bits per heavy atom. The Hall–Kier alpha value is -0.160.